The lowest BCUT2D eigenvalue weighted by Gasteiger charge is -2.19. The number of unbranched alkanes of at least 4 members (excludes halogenated alkanes) is 10. The van der Waals surface area contributed by atoms with Crippen LogP contribution in [0.5, 0.6) is 0 Å². The van der Waals surface area contributed by atoms with Crippen molar-refractivity contribution >= 4 is 11.9 Å². The fraction of sp³-hybridized carbons (Fsp3) is 0.692. The van der Waals surface area contributed by atoms with E-state index >= 15 is 0 Å². The molecular formula is C26H42O6. The molecule has 32 heavy (non-hydrogen) atoms. The topological polar surface area (TPSA) is 82.1 Å². The van der Waals surface area contributed by atoms with Gasteiger partial charge in [-0.25, -0.2) is 9.59 Å². The maximum Gasteiger partial charge on any atom is 0.339 e. The molecule has 0 aliphatic heterocycles. The van der Waals surface area contributed by atoms with Gasteiger partial charge < -0.3 is 19.3 Å². The normalized spacial score (nSPS) is 11.1. The quantitative estimate of drug-likeness (QED) is 0.136. The van der Waals surface area contributed by atoms with Crippen molar-refractivity contribution in [2.75, 3.05) is 19.8 Å². The summed E-state index contributed by atoms with van der Waals surface area (Å²) in [7, 11) is 0. The molecular weight excluding hydrogens is 408 g/mol. The molecule has 1 aromatic carbocycles. The van der Waals surface area contributed by atoms with E-state index in [0.29, 0.717) is 13.2 Å². The zero-order valence-electron chi connectivity index (χ0n) is 20.0. The first kappa shape index (κ1) is 28.1. The third kappa shape index (κ3) is 12.8. The third-order valence-electron chi connectivity index (χ3n) is 5.33. The smallest absolute Gasteiger partial charge is 0.339 e. The van der Waals surface area contributed by atoms with E-state index in [1.54, 1.807) is 12.1 Å². The van der Waals surface area contributed by atoms with Crippen LogP contribution in [0.4, 0.5) is 0 Å². The molecule has 0 spiro atoms. The summed E-state index contributed by atoms with van der Waals surface area (Å²) in [6.45, 7) is 5.45. The fourth-order valence-corrected chi connectivity index (χ4v) is 3.41. The van der Waals surface area contributed by atoms with Crippen molar-refractivity contribution in [2.45, 2.75) is 97.2 Å². The first-order chi connectivity index (χ1) is 15.6. The zero-order chi connectivity index (χ0) is 23.4. The third-order valence-corrected chi connectivity index (χ3v) is 5.33. The number of carboxylic acid groups (broad SMARTS) is 1. The first-order valence-electron chi connectivity index (χ1n) is 12.3. The minimum atomic E-state index is -1.16. The van der Waals surface area contributed by atoms with E-state index in [1.807, 2.05) is 0 Å². The van der Waals surface area contributed by atoms with E-state index in [-0.39, 0.29) is 17.7 Å². The van der Waals surface area contributed by atoms with Gasteiger partial charge in [0.2, 0.25) is 0 Å². The van der Waals surface area contributed by atoms with Crippen molar-refractivity contribution in [1.29, 1.82) is 0 Å². The van der Waals surface area contributed by atoms with Crippen LogP contribution >= 0.6 is 0 Å². The predicted molar refractivity (Wildman–Crippen MR) is 126 cm³/mol. The second-order valence-electron chi connectivity index (χ2n) is 8.16. The Morgan fingerprint density at radius 2 is 1.22 bits per heavy atom. The van der Waals surface area contributed by atoms with Crippen molar-refractivity contribution in [3.8, 4) is 0 Å². The minimum Gasteiger partial charge on any atom is -0.478 e. The van der Waals surface area contributed by atoms with E-state index < -0.39 is 18.2 Å². The number of benzene rings is 1. The maximum absolute atomic E-state index is 12.4. The van der Waals surface area contributed by atoms with Crippen molar-refractivity contribution in [2.24, 2.45) is 0 Å². The van der Waals surface area contributed by atoms with Gasteiger partial charge in [-0.1, -0.05) is 90.2 Å². The highest BCUT2D eigenvalue weighted by Gasteiger charge is 2.19. The lowest BCUT2D eigenvalue weighted by atomic mass is 10.1. The van der Waals surface area contributed by atoms with Gasteiger partial charge >= 0.3 is 11.9 Å². The molecule has 0 aliphatic carbocycles. The van der Waals surface area contributed by atoms with Gasteiger partial charge in [0.15, 0.2) is 6.29 Å². The van der Waals surface area contributed by atoms with Crippen molar-refractivity contribution in [1.82, 2.24) is 0 Å². The molecule has 0 saturated carbocycles. The van der Waals surface area contributed by atoms with Gasteiger partial charge in [-0.15, -0.1) is 0 Å². The zero-order valence-corrected chi connectivity index (χ0v) is 20.0. The fourth-order valence-electron chi connectivity index (χ4n) is 3.41. The molecule has 6 nitrogen and oxygen atoms in total. The summed E-state index contributed by atoms with van der Waals surface area (Å²) >= 11 is 0. The van der Waals surface area contributed by atoms with Crippen LogP contribution < -0.4 is 0 Å². The summed E-state index contributed by atoms with van der Waals surface area (Å²) < 4.78 is 17.0. The Labute approximate surface area is 193 Å². The highest BCUT2D eigenvalue weighted by molar-refractivity contribution is 6.02. The number of carbonyl (C=O) groups is 2. The molecule has 0 aliphatic rings. The molecule has 0 radical (unpaired) electrons. The molecule has 6 heteroatoms. The molecule has 0 heterocycles. The van der Waals surface area contributed by atoms with Crippen LogP contribution in [-0.4, -0.2) is 43.2 Å². The van der Waals surface area contributed by atoms with Gasteiger partial charge in [-0.3, -0.25) is 0 Å². The number of esters is 1. The van der Waals surface area contributed by atoms with Crippen LogP contribution in [-0.2, 0) is 14.2 Å². The van der Waals surface area contributed by atoms with Crippen LogP contribution in [0.2, 0.25) is 0 Å². The van der Waals surface area contributed by atoms with Crippen LogP contribution in [0.3, 0.4) is 0 Å². The lowest BCUT2D eigenvalue weighted by Crippen LogP contribution is -2.27. The summed E-state index contributed by atoms with van der Waals surface area (Å²) in [5, 5.41) is 9.28. The highest BCUT2D eigenvalue weighted by atomic mass is 16.7. The maximum atomic E-state index is 12.4. The standard InChI is InChI=1S/C26H42O6/c1-3-5-7-9-11-15-19-30-24(31-20-16-12-10-8-6-4-2)21-32-26(29)23-18-14-13-17-22(23)25(27)28/h13-14,17-18,24H,3-12,15-16,19-21H2,1-2H3,(H,27,28). The monoisotopic (exact) mass is 450 g/mol. The van der Waals surface area contributed by atoms with Gasteiger partial charge in [0.05, 0.1) is 11.1 Å². The van der Waals surface area contributed by atoms with Gasteiger partial charge in [0.1, 0.15) is 6.61 Å². The van der Waals surface area contributed by atoms with Crippen LogP contribution in [0.25, 0.3) is 0 Å². The van der Waals surface area contributed by atoms with Crippen LogP contribution in [0.1, 0.15) is 112 Å². The number of hydrogen-bond acceptors (Lipinski definition) is 5. The Morgan fingerprint density at radius 1 is 0.750 bits per heavy atom. The summed E-state index contributed by atoms with van der Waals surface area (Å²) in [6.07, 6.45) is 13.3. The Balaban J connectivity index is 2.46. The summed E-state index contributed by atoms with van der Waals surface area (Å²) in [5.74, 6) is -1.84. The van der Waals surface area contributed by atoms with E-state index in [2.05, 4.69) is 13.8 Å². The van der Waals surface area contributed by atoms with E-state index in [0.717, 1.165) is 25.7 Å². The number of aromatic carboxylic acids is 1. The van der Waals surface area contributed by atoms with Crippen molar-refractivity contribution < 1.29 is 28.9 Å². The molecule has 0 fully saturated rings. The number of carbonyl (C=O) groups excluding carboxylic acids is 1. The molecule has 0 bridgehead atoms. The average Bonchev–Trinajstić information content (AvgIpc) is 2.80. The van der Waals surface area contributed by atoms with Crippen LogP contribution in [0.15, 0.2) is 24.3 Å². The van der Waals surface area contributed by atoms with Crippen LogP contribution in [0, 0.1) is 0 Å². The summed E-state index contributed by atoms with van der Waals surface area (Å²) in [4.78, 5) is 23.8. The Hall–Kier alpha value is -1.92. The van der Waals surface area contributed by atoms with E-state index in [9.17, 15) is 14.7 Å². The molecule has 1 rings (SSSR count). The molecule has 0 saturated heterocycles. The summed E-state index contributed by atoms with van der Waals surface area (Å²) in [5.41, 5.74) is -0.0411. The molecule has 0 unspecified atom stereocenters. The largest absolute Gasteiger partial charge is 0.478 e. The Kier molecular flexibility index (Phi) is 16.4. The number of carboxylic acids is 1. The van der Waals surface area contributed by atoms with Gasteiger partial charge in [-0.2, -0.15) is 0 Å². The van der Waals surface area contributed by atoms with E-state index in [1.165, 1.54) is 63.5 Å². The molecule has 1 N–H and O–H groups in total. The van der Waals surface area contributed by atoms with Gasteiger partial charge in [0, 0.05) is 13.2 Å². The lowest BCUT2D eigenvalue weighted by molar-refractivity contribution is -0.164. The van der Waals surface area contributed by atoms with Gasteiger partial charge in [-0.05, 0) is 25.0 Å². The minimum absolute atomic E-state index is 0.0330. The highest BCUT2D eigenvalue weighted by Crippen LogP contribution is 2.12. The second-order valence-corrected chi connectivity index (χ2v) is 8.16. The molecule has 0 atom stereocenters. The average molecular weight is 451 g/mol. The van der Waals surface area contributed by atoms with Crippen molar-refractivity contribution in [3.63, 3.8) is 0 Å². The Morgan fingerprint density at radius 3 is 1.72 bits per heavy atom. The molecule has 182 valence electrons. The Bertz CT molecular complexity index is 612. The molecule has 1 aromatic rings. The number of ether oxygens (including phenoxy) is 3. The van der Waals surface area contributed by atoms with Gasteiger partial charge in [0.25, 0.3) is 0 Å². The SMILES string of the molecule is CCCCCCCCOC(COC(=O)c1ccccc1C(=O)O)OCCCCCCCC. The first-order valence-corrected chi connectivity index (χ1v) is 12.3. The summed E-state index contributed by atoms with van der Waals surface area (Å²) in [6, 6.07) is 6.04. The predicted octanol–water partition coefficient (Wildman–Crippen LogP) is 6.62. The second kappa shape index (κ2) is 18.6. The molecule has 0 amide bonds. The van der Waals surface area contributed by atoms with E-state index in [4.69, 9.17) is 14.2 Å². The van der Waals surface area contributed by atoms with Crippen molar-refractivity contribution in [3.05, 3.63) is 35.4 Å². The molecule has 0 aromatic heterocycles. The number of hydrogen-bond donors (Lipinski definition) is 1. The number of rotatable bonds is 20.